The smallest absolute Gasteiger partial charge is 0.191 e. The molecule has 0 aliphatic heterocycles. The van der Waals surface area contributed by atoms with Gasteiger partial charge in [-0.05, 0) is 36.4 Å². The number of hydrogen-bond acceptors (Lipinski definition) is 6. The van der Waals surface area contributed by atoms with Gasteiger partial charge in [0.15, 0.2) is 11.0 Å². The molecule has 2 heterocycles. The van der Waals surface area contributed by atoms with Crippen molar-refractivity contribution in [2.75, 3.05) is 7.11 Å². The van der Waals surface area contributed by atoms with E-state index in [1.54, 1.807) is 30.2 Å². The summed E-state index contributed by atoms with van der Waals surface area (Å²) in [5, 5.41) is 13.3. The van der Waals surface area contributed by atoms with Crippen molar-refractivity contribution in [1.29, 1.82) is 0 Å². The lowest BCUT2D eigenvalue weighted by atomic mass is 10.2. The van der Waals surface area contributed by atoms with Crippen molar-refractivity contribution in [3.8, 4) is 27.7 Å². The van der Waals surface area contributed by atoms with Crippen molar-refractivity contribution in [2.24, 2.45) is 7.05 Å². The van der Waals surface area contributed by atoms with E-state index in [0.717, 1.165) is 44.3 Å². The topological polar surface area (TPSA) is 52.8 Å². The van der Waals surface area contributed by atoms with Crippen molar-refractivity contribution >= 4 is 34.7 Å². The van der Waals surface area contributed by atoms with Crippen LogP contribution in [0.5, 0.6) is 5.75 Å². The molecule has 0 N–H and O–H groups in total. The van der Waals surface area contributed by atoms with Crippen LogP contribution in [0.15, 0.2) is 59.1 Å². The first kappa shape index (κ1) is 19.0. The molecule has 8 heteroatoms. The lowest BCUT2D eigenvalue weighted by Crippen LogP contribution is -1.95. The van der Waals surface area contributed by atoms with Gasteiger partial charge in [0.25, 0.3) is 0 Å². The van der Waals surface area contributed by atoms with E-state index in [4.69, 9.17) is 21.3 Å². The van der Waals surface area contributed by atoms with Crippen LogP contribution in [0.2, 0.25) is 5.02 Å². The van der Waals surface area contributed by atoms with E-state index in [0.29, 0.717) is 5.02 Å². The molecule has 0 aliphatic rings. The number of rotatable bonds is 6. The number of halogens is 1. The lowest BCUT2D eigenvalue weighted by Gasteiger charge is -2.03. The maximum Gasteiger partial charge on any atom is 0.191 e. The standard InChI is InChI=1S/C20H17ClN4OS2/c1-25-18(13-6-8-15(21)9-7-13)23-24-20(25)28-12-16-11-27-19(22-16)14-4-3-5-17(10-14)26-2/h3-11H,12H2,1-2H3. The Morgan fingerprint density at radius 1 is 1.11 bits per heavy atom. The SMILES string of the molecule is COc1cccc(-c2nc(CSc3nnc(-c4ccc(Cl)cc4)n3C)cs2)c1. The number of aromatic nitrogens is 4. The monoisotopic (exact) mass is 428 g/mol. The predicted molar refractivity (Wildman–Crippen MR) is 115 cm³/mol. The summed E-state index contributed by atoms with van der Waals surface area (Å²) in [5.74, 6) is 2.37. The van der Waals surface area contributed by atoms with Gasteiger partial charge in [-0.2, -0.15) is 0 Å². The van der Waals surface area contributed by atoms with Gasteiger partial charge in [0.1, 0.15) is 10.8 Å². The molecule has 28 heavy (non-hydrogen) atoms. The fraction of sp³-hybridized carbons (Fsp3) is 0.150. The number of thioether (sulfide) groups is 1. The molecular formula is C20H17ClN4OS2. The second-order valence-corrected chi connectivity index (χ2v) is 8.27. The Kier molecular flexibility index (Phi) is 5.66. The molecule has 2 aromatic carbocycles. The van der Waals surface area contributed by atoms with E-state index in [1.807, 2.05) is 60.1 Å². The molecule has 2 aromatic heterocycles. The molecule has 0 bridgehead atoms. The summed E-state index contributed by atoms with van der Waals surface area (Å²) in [6, 6.07) is 15.5. The first-order valence-electron chi connectivity index (χ1n) is 8.51. The zero-order valence-corrected chi connectivity index (χ0v) is 17.7. The third-order valence-corrected chi connectivity index (χ3v) is 6.40. The molecule has 4 rings (SSSR count). The van der Waals surface area contributed by atoms with Gasteiger partial charge in [-0.25, -0.2) is 4.98 Å². The summed E-state index contributed by atoms with van der Waals surface area (Å²) in [6.07, 6.45) is 0. The third-order valence-electron chi connectivity index (χ3n) is 4.15. The molecule has 5 nitrogen and oxygen atoms in total. The van der Waals surface area contributed by atoms with Crippen LogP contribution in [0.1, 0.15) is 5.69 Å². The molecule has 0 fully saturated rings. The molecule has 0 amide bonds. The van der Waals surface area contributed by atoms with E-state index >= 15 is 0 Å². The Hall–Kier alpha value is -2.35. The van der Waals surface area contributed by atoms with Gasteiger partial charge < -0.3 is 9.30 Å². The maximum absolute atomic E-state index is 5.96. The Morgan fingerprint density at radius 2 is 1.93 bits per heavy atom. The van der Waals surface area contributed by atoms with Crippen molar-refractivity contribution in [3.63, 3.8) is 0 Å². The summed E-state index contributed by atoms with van der Waals surface area (Å²) in [6.45, 7) is 0. The van der Waals surface area contributed by atoms with Crippen LogP contribution in [0, 0.1) is 0 Å². The highest BCUT2D eigenvalue weighted by Gasteiger charge is 2.13. The van der Waals surface area contributed by atoms with Gasteiger partial charge in [-0.3, -0.25) is 0 Å². The normalized spacial score (nSPS) is 11.0. The summed E-state index contributed by atoms with van der Waals surface area (Å²) in [4.78, 5) is 4.75. The average Bonchev–Trinajstić information content (AvgIpc) is 3.34. The van der Waals surface area contributed by atoms with Crippen LogP contribution < -0.4 is 4.74 Å². The second kappa shape index (κ2) is 8.34. The molecular weight excluding hydrogens is 412 g/mol. The van der Waals surface area contributed by atoms with Crippen LogP contribution in [-0.2, 0) is 12.8 Å². The number of nitrogens with zero attached hydrogens (tertiary/aromatic N) is 4. The molecule has 4 aromatic rings. The third kappa shape index (κ3) is 4.06. The van der Waals surface area contributed by atoms with Gasteiger partial charge in [0.2, 0.25) is 0 Å². The van der Waals surface area contributed by atoms with Crippen molar-refractivity contribution in [3.05, 3.63) is 64.6 Å². The Balaban J connectivity index is 1.47. The number of hydrogen-bond donors (Lipinski definition) is 0. The molecule has 0 unspecified atom stereocenters. The van der Waals surface area contributed by atoms with E-state index in [2.05, 4.69) is 15.6 Å². The predicted octanol–water partition coefficient (Wildman–Crippen LogP) is 5.56. The average molecular weight is 429 g/mol. The number of methoxy groups -OCH3 is 1. The minimum absolute atomic E-state index is 0.705. The molecule has 142 valence electrons. The van der Waals surface area contributed by atoms with Gasteiger partial charge in [0, 0.05) is 34.3 Å². The highest BCUT2D eigenvalue weighted by molar-refractivity contribution is 7.98. The summed E-state index contributed by atoms with van der Waals surface area (Å²) >= 11 is 9.21. The summed E-state index contributed by atoms with van der Waals surface area (Å²) in [5.41, 5.74) is 3.06. The van der Waals surface area contributed by atoms with E-state index in [-0.39, 0.29) is 0 Å². The Morgan fingerprint density at radius 3 is 2.71 bits per heavy atom. The first-order valence-corrected chi connectivity index (χ1v) is 10.8. The van der Waals surface area contributed by atoms with Crippen molar-refractivity contribution in [1.82, 2.24) is 19.7 Å². The Labute approximate surface area is 176 Å². The van der Waals surface area contributed by atoms with Gasteiger partial charge in [-0.15, -0.1) is 21.5 Å². The van der Waals surface area contributed by atoms with E-state index < -0.39 is 0 Å². The van der Waals surface area contributed by atoms with Crippen LogP contribution in [0.25, 0.3) is 22.0 Å². The minimum Gasteiger partial charge on any atom is -0.497 e. The first-order chi connectivity index (χ1) is 13.6. The van der Waals surface area contributed by atoms with Crippen LogP contribution in [-0.4, -0.2) is 26.9 Å². The highest BCUT2D eigenvalue weighted by atomic mass is 35.5. The van der Waals surface area contributed by atoms with Gasteiger partial charge >= 0.3 is 0 Å². The molecule has 0 atom stereocenters. The van der Waals surface area contributed by atoms with Crippen LogP contribution in [0.4, 0.5) is 0 Å². The fourth-order valence-electron chi connectivity index (χ4n) is 2.69. The van der Waals surface area contributed by atoms with Gasteiger partial charge in [0.05, 0.1) is 12.8 Å². The molecule has 0 aliphatic carbocycles. The Bertz CT molecular complexity index is 1090. The lowest BCUT2D eigenvalue weighted by molar-refractivity contribution is 0.415. The fourth-order valence-corrected chi connectivity index (χ4v) is 4.54. The molecule has 0 radical (unpaired) electrons. The van der Waals surface area contributed by atoms with Gasteiger partial charge in [-0.1, -0.05) is 35.5 Å². The van der Waals surface area contributed by atoms with Crippen LogP contribution >= 0.6 is 34.7 Å². The maximum atomic E-state index is 5.96. The largest absolute Gasteiger partial charge is 0.497 e. The van der Waals surface area contributed by atoms with E-state index in [1.165, 1.54) is 0 Å². The highest BCUT2D eigenvalue weighted by Crippen LogP contribution is 2.30. The minimum atomic E-state index is 0.705. The van der Waals surface area contributed by atoms with Crippen molar-refractivity contribution in [2.45, 2.75) is 10.9 Å². The summed E-state index contributed by atoms with van der Waals surface area (Å²) in [7, 11) is 3.64. The number of thiazole rings is 1. The zero-order valence-electron chi connectivity index (χ0n) is 15.3. The van der Waals surface area contributed by atoms with Crippen molar-refractivity contribution < 1.29 is 4.74 Å². The number of benzene rings is 2. The molecule has 0 saturated carbocycles. The molecule has 0 spiro atoms. The molecule has 0 saturated heterocycles. The number of ether oxygens (including phenoxy) is 1. The zero-order chi connectivity index (χ0) is 19.5. The van der Waals surface area contributed by atoms with Crippen LogP contribution in [0.3, 0.4) is 0 Å². The quantitative estimate of drug-likeness (QED) is 0.376. The second-order valence-electron chi connectivity index (χ2n) is 6.04. The summed E-state index contributed by atoms with van der Waals surface area (Å²) < 4.78 is 7.28. The van der Waals surface area contributed by atoms with E-state index in [9.17, 15) is 0 Å².